The fourth-order valence-electron chi connectivity index (χ4n) is 0.916. The number of phenolic OH excluding ortho intramolecular Hbond substituents is 1. The second-order valence-corrected chi connectivity index (χ2v) is 3.46. The topological polar surface area (TPSA) is 49.7 Å². The summed E-state index contributed by atoms with van der Waals surface area (Å²) < 4.78 is 5.97. The van der Waals surface area contributed by atoms with E-state index in [0.717, 1.165) is 4.47 Å². The molecule has 0 aliphatic carbocycles. The first-order chi connectivity index (χ1) is 6.24. The molecule has 13 heavy (non-hydrogen) atoms. The van der Waals surface area contributed by atoms with Crippen LogP contribution >= 0.6 is 15.9 Å². The summed E-state index contributed by atoms with van der Waals surface area (Å²) in [7, 11) is 0. The van der Waals surface area contributed by atoms with Crippen molar-refractivity contribution in [3.63, 3.8) is 0 Å². The molecule has 0 heterocycles. The van der Waals surface area contributed by atoms with Gasteiger partial charge in [-0.15, -0.1) is 0 Å². The number of aliphatic hydroxyl groups excluding tert-OH is 1. The average molecular weight is 247 g/mol. The number of rotatable bonds is 4. The number of aromatic hydroxyl groups is 1. The van der Waals surface area contributed by atoms with Gasteiger partial charge in [-0.3, -0.25) is 0 Å². The zero-order chi connectivity index (χ0) is 9.68. The van der Waals surface area contributed by atoms with Crippen LogP contribution in [0, 0.1) is 0 Å². The molecule has 0 atom stereocenters. The second-order valence-electron chi connectivity index (χ2n) is 2.55. The largest absolute Gasteiger partial charge is 0.508 e. The Morgan fingerprint density at radius 1 is 1.38 bits per heavy atom. The molecular weight excluding hydrogens is 236 g/mol. The van der Waals surface area contributed by atoms with E-state index in [0.29, 0.717) is 12.2 Å². The van der Waals surface area contributed by atoms with E-state index in [1.54, 1.807) is 18.2 Å². The Morgan fingerprint density at radius 2 is 2.15 bits per heavy atom. The molecule has 0 fully saturated rings. The van der Waals surface area contributed by atoms with Gasteiger partial charge in [-0.1, -0.05) is 15.9 Å². The number of hydrogen-bond donors (Lipinski definition) is 2. The van der Waals surface area contributed by atoms with Gasteiger partial charge < -0.3 is 14.9 Å². The number of phenols is 1. The van der Waals surface area contributed by atoms with E-state index in [2.05, 4.69) is 15.9 Å². The normalized spacial score (nSPS) is 10.3. The summed E-state index contributed by atoms with van der Waals surface area (Å²) in [6, 6.07) is 5.14. The van der Waals surface area contributed by atoms with Crippen LogP contribution in [-0.4, -0.2) is 23.4 Å². The molecule has 1 rings (SSSR count). The van der Waals surface area contributed by atoms with Crippen molar-refractivity contribution in [2.75, 3.05) is 13.2 Å². The van der Waals surface area contributed by atoms with Crippen molar-refractivity contribution in [3.8, 4) is 5.75 Å². The van der Waals surface area contributed by atoms with Gasteiger partial charge in [0.05, 0.1) is 19.8 Å². The minimum absolute atomic E-state index is 0.00519. The second kappa shape index (κ2) is 5.21. The van der Waals surface area contributed by atoms with Crippen molar-refractivity contribution in [2.45, 2.75) is 6.61 Å². The van der Waals surface area contributed by atoms with E-state index >= 15 is 0 Å². The summed E-state index contributed by atoms with van der Waals surface area (Å²) in [4.78, 5) is 0. The lowest BCUT2D eigenvalue weighted by Crippen LogP contribution is -1.99. The Labute approximate surface area is 85.1 Å². The Hall–Kier alpha value is -0.580. The lowest BCUT2D eigenvalue weighted by molar-refractivity contribution is 0.0804. The first-order valence-corrected chi connectivity index (χ1v) is 4.69. The van der Waals surface area contributed by atoms with E-state index in [1.807, 2.05) is 0 Å². The maximum absolute atomic E-state index is 9.37. The molecule has 0 bridgehead atoms. The first kappa shape index (κ1) is 10.5. The van der Waals surface area contributed by atoms with Crippen molar-refractivity contribution >= 4 is 15.9 Å². The molecule has 1 aromatic carbocycles. The van der Waals surface area contributed by atoms with Crippen molar-refractivity contribution in [2.24, 2.45) is 0 Å². The molecule has 0 aliphatic rings. The maximum atomic E-state index is 9.37. The molecule has 2 N–H and O–H groups in total. The molecule has 0 aliphatic heterocycles. The van der Waals surface area contributed by atoms with Crippen molar-refractivity contribution in [1.82, 2.24) is 0 Å². The fourth-order valence-corrected chi connectivity index (χ4v) is 1.32. The van der Waals surface area contributed by atoms with Gasteiger partial charge in [-0.05, 0) is 18.2 Å². The van der Waals surface area contributed by atoms with Crippen LogP contribution in [0.4, 0.5) is 0 Å². The van der Waals surface area contributed by atoms with Crippen LogP contribution in [0.25, 0.3) is 0 Å². The van der Waals surface area contributed by atoms with Crippen LogP contribution in [-0.2, 0) is 11.3 Å². The van der Waals surface area contributed by atoms with Crippen LogP contribution in [0.2, 0.25) is 0 Å². The quantitative estimate of drug-likeness (QED) is 0.795. The van der Waals surface area contributed by atoms with E-state index in [4.69, 9.17) is 9.84 Å². The Balaban J connectivity index is 2.59. The van der Waals surface area contributed by atoms with E-state index < -0.39 is 0 Å². The fraction of sp³-hybridized carbons (Fsp3) is 0.333. The number of benzene rings is 1. The van der Waals surface area contributed by atoms with Gasteiger partial charge >= 0.3 is 0 Å². The minimum atomic E-state index is -0.00519. The molecular formula is C9H11BrO3. The lowest BCUT2D eigenvalue weighted by Gasteiger charge is -2.05. The van der Waals surface area contributed by atoms with Gasteiger partial charge in [0.15, 0.2) is 0 Å². The van der Waals surface area contributed by atoms with Gasteiger partial charge in [-0.25, -0.2) is 0 Å². The molecule has 0 saturated heterocycles. The van der Waals surface area contributed by atoms with Crippen LogP contribution in [0.5, 0.6) is 5.75 Å². The highest BCUT2D eigenvalue weighted by atomic mass is 79.9. The highest BCUT2D eigenvalue weighted by Gasteiger charge is 2.01. The highest BCUT2D eigenvalue weighted by Crippen LogP contribution is 2.22. The third kappa shape index (κ3) is 3.34. The molecule has 0 saturated carbocycles. The highest BCUT2D eigenvalue weighted by molar-refractivity contribution is 9.10. The average Bonchev–Trinajstić information content (AvgIpc) is 2.11. The molecule has 0 radical (unpaired) electrons. The van der Waals surface area contributed by atoms with Crippen molar-refractivity contribution < 1.29 is 14.9 Å². The smallest absolute Gasteiger partial charge is 0.121 e. The minimum Gasteiger partial charge on any atom is -0.508 e. The molecule has 0 spiro atoms. The van der Waals surface area contributed by atoms with Gasteiger partial charge in [-0.2, -0.15) is 0 Å². The number of ether oxygens (including phenoxy) is 1. The maximum Gasteiger partial charge on any atom is 0.121 e. The summed E-state index contributed by atoms with van der Waals surface area (Å²) in [5, 5.41) is 17.8. The van der Waals surface area contributed by atoms with Gasteiger partial charge in [0, 0.05) is 10.0 Å². The lowest BCUT2D eigenvalue weighted by atomic mass is 10.2. The van der Waals surface area contributed by atoms with E-state index in [1.165, 1.54) is 0 Å². The first-order valence-electron chi connectivity index (χ1n) is 3.90. The van der Waals surface area contributed by atoms with Crippen molar-refractivity contribution in [3.05, 3.63) is 28.2 Å². The molecule has 3 nitrogen and oxygen atoms in total. The summed E-state index contributed by atoms with van der Waals surface area (Å²) in [6.45, 7) is 0.590. The zero-order valence-electron chi connectivity index (χ0n) is 7.03. The Bertz CT molecular complexity index is 276. The summed E-state index contributed by atoms with van der Waals surface area (Å²) >= 11 is 3.29. The Morgan fingerprint density at radius 3 is 2.85 bits per heavy atom. The molecule has 0 unspecified atom stereocenters. The zero-order valence-corrected chi connectivity index (χ0v) is 8.62. The van der Waals surface area contributed by atoms with Crippen LogP contribution in [0.1, 0.15) is 5.56 Å². The van der Waals surface area contributed by atoms with Crippen molar-refractivity contribution in [1.29, 1.82) is 0 Å². The predicted octanol–water partition coefficient (Wildman–Crippen LogP) is 1.66. The molecule has 4 heteroatoms. The SMILES string of the molecule is OCCOCc1cc(Br)ccc1O. The molecule has 0 amide bonds. The molecule has 1 aromatic rings. The number of halogens is 1. The van der Waals surface area contributed by atoms with Gasteiger partial charge in [0.1, 0.15) is 5.75 Å². The third-order valence-electron chi connectivity index (χ3n) is 1.53. The summed E-state index contributed by atoms with van der Waals surface area (Å²) in [6.07, 6.45) is 0. The van der Waals surface area contributed by atoms with E-state index in [-0.39, 0.29) is 19.0 Å². The van der Waals surface area contributed by atoms with Crippen LogP contribution in [0.15, 0.2) is 22.7 Å². The monoisotopic (exact) mass is 246 g/mol. The van der Waals surface area contributed by atoms with Crippen LogP contribution in [0.3, 0.4) is 0 Å². The summed E-state index contributed by atoms with van der Waals surface area (Å²) in [5.41, 5.74) is 0.711. The van der Waals surface area contributed by atoms with Gasteiger partial charge in [0.2, 0.25) is 0 Å². The van der Waals surface area contributed by atoms with E-state index in [9.17, 15) is 5.11 Å². The standard InChI is InChI=1S/C9H11BrO3/c10-8-1-2-9(12)7(5-8)6-13-4-3-11/h1-2,5,11-12H,3-4,6H2. The third-order valence-corrected chi connectivity index (χ3v) is 2.03. The number of hydrogen-bond acceptors (Lipinski definition) is 3. The number of aliphatic hydroxyl groups is 1. The molecule has 0 aromatic heterocycles. The molecule has 72 valence electrons. The predicted molar refractivity (Wildman–Crippen MR) is 52.5 cm³/mol. The summed E-state index contributed by atoms with van der Waals surface area (Å²) in [5.74, 6) is 0.209. The Kier molecular flexibility index (Phi) is 4.21. The van der Waals surface area contributed by atoms with Gasteiger partial charge in [0.25, 0.3) is 0 Å². The van der Waals surface area contributed by atoms with Crippen LogP contribution < -0.4 is 0 Å².